The minimum Gasteiger partial charge on any atom is -0.451 e. The summed E-state index contributed by atoms with van der Waals surface area (Å²) in [6, 6.07) is 3.06. The van der Waals surface area contributed by atoms with Crippen LogP contribution in [0.5, 0.6) is 0 Å². The van der Waals surface area contributed by atoms with E-state index in [1.54, 1.807) is 26.8 Å². The van der Waals surface area contributed by atoms with Gasteiger partial charge >= 0.3 is 5.97 Å². The van der Waals surface area contributed by atoms with Crippen molar-refractivity contribution in [2.24, 2.45) is 16.7 Å². The summed E-state index contributed by atoms with van der Waals surface area (Å²) < 4.78 is 18.6. The van der Waals surface area contributed by atoms with E-state index >= 15 is 0 Å². The van der Waals surface area contributed by atoms with Crippen LogP contribution in [0.4, 0.5) is 0 Å². The summed E-state index contributed by atoms with van der Waals surface area (Å²) in [5.74, 6) is -3.87. The van der Waals surface area contributed by atoms with Crippen molar-refractivity contribution < 1.29 is 49.6 Å². The fraction of sp³-hybridized carbons (Fsp3) is 0.800. The molecule has 198 valence electrons. The molecule has 12 unspecified atom stereocenters. The lowest BCUT2D eigenvalue weighted by molar-refractivity contribution is -0.366. The van der Waals surface area contributed by atoms with Crippen LogP contribution < -0.4 is 0 Å². The van der Waals surface area contributed by atoms with Crippen molar-refractivity contribution in [1.29, 1.82) is 0 Å². The van der Waals surface area contributed by atoms with Crippen molar-refractivity contribution >= 4 is 5.97 Å². The standard InChI is InChI=1S/C25H33NO10/c1-11(2)22(31)16(34-14(28)12-7-6-8-26-12)23(32)17(3)10-21(30)19(22,5)25(23,33)24(36-21)15(29)18(4)13(27)9-20(17,24)35-18/h6-8,11,13,15-16,26-27,29-33H,9-10H2,1-5H3. The van der Waals surface area contributed by atoms with Gasteiger partial charge in [-0.05, 0) is 31.9 Å². The summed E-state index contributed by atoms with van der Waals surface area (Å²) in [7, 11) is 0. The Hall–Kier alpha value is -1.57. The monoisotopic (exact) mass is 507 g/mol. The van der Waals surface area contributed by atoms with E-state index in [9.17, 15) is 35.4 Å². The van der Waals surface area contributed by atoms with E-state index in [-0.39, 0.29) is 18.5 Å². The molecule has 4 saturated heterocycles. The van der Waals surface area contributed by atoms with Crippen molar-refractivity contribution in [2.45, 2.75) is 105 Å². The zero-order valence-electron chi connectivity index (χ0n) is 20.8. The number of esters is 1. The number of nitrogens with one attached hydrogen (secondary N) is 1. The lowest BCUT2D eigenvalue weighted by Gasteiger charge is -2.58. The van der Waals surface area contributed by atoms with Crippen molar-refractivity contribution in [1.82, 2.24) is 4.98 Å². The van der Waals surface area contributed by atoms with E-state index in [2.05, 4.69) is 4.98 Å². The molecule has 12 atom stereocenters. The van der Waals surface area contributed by atoms with Crippen LogP contribution in [0.25, 0.3) is 0 Å². The fourth-order valence-corrected chi connectivity index (χ4v) is 10.2. The predicted molar refractivity (Wildman–Crippen MR) is 118 cm³/mol. The number of aliphatic hydroxyl groups excluding tert-OH is 2. The van der Waals surface area contributed by atoms with Gasteiger partial charge in [0.1, 0.15) is 39.8 Å². The van der Waals surface area contributed by atoms with Gasteiger partial charge in [0.2, 0.25) is 0 Å². The highest BCUT2D eigenvalue weighted by Crippen LogP contribution is 2.93. The maximum absolute atomic E-state index is 13.2. The summed E-state index contributed by atoms with van der Waals surface area (Å²) in [5, 5.41) is 73.1. The van der Waals surface area contributed by atoms with E-state index in [1.807, 2.05) is 0 Å². The quantitative estimate of drug-likeness (QED) is 0.249. The number of carbonyl (C=O) groups excluding carboxylic acids is 1. The van der Waals surface area contributed by atoms with Crippen LogP contribution in [0.1, 0.15) is 57.9 Å². The largest absolute Gasteiger partial charge is 0.451 e. The second kappa shape index (κ2) is 5.57. The molecule has 2 spiro atoms. The minimum absolute atomic E-state index is 0.0672. The Kier molecular flexibility index (Phi) is 3.64. The number of aromatic amines is 1. The highest BCUT2D eigenvalue weighted by atomic mass is 16.7. The molecule has 11 nitrogen and oxygen atoms in total. The van der Waals surface area contributed by atoms with E-state index in [4.69, 9.17) is 14.2 Å². The van der Waals surface area contributed by atoms with Gasteiger partial charge in [0.15, 0.2) is 17.5 Å². The highest BCUT2D eigenvalue weighted by molar-refractivity contribution is 5.87. The molecular weight excluding hydrogens is 474 g/mol. The second-order valence-corrected chi connectivity index (χ2v) is 12.8. The molecule has 5 heterocycles. The Morgan fingerprint density at radius 2 is 1.81 bits per heavy atom. The molecule has 1 aromatic heterocycles. The summed E-state index contributed by atoms with van der Waals surface area (Å²) in [6.07, 6.45) is -3.49. The number of H-pyrrole nitrogens is 1. The Morgan fingerprint density at radius 3 is 2.39 bits per heavy atom. The molecule has 0 amide bonds. The van der Waals surface area contributed by atoms with E-state index in [0.717, 1.165) is 0 Å². The van der Waals surface area contributed by atoms with E-state index < -0.39 is 80.4 Å². The van der Waals surface area contributed by atoms with E-state index in [0.29, 0.717) is 0 Å². The molecule has 1 aromatic rings. The number of hydrogen-bond donors (Lipinski definition) is 7. The summed E-state index contributed by atoms with van der Waals surface area (Å²) in [6.45, 7) is 7.76. The molecule has 0 aromatic carbocycles. The number of hydrogen-bond acceptors (Lipinski definition) is 10. The van der Waals surface area contributed by atoms with Gasteiger partial charge in [-0.2, -0.15) is 0 Å². The molecule has 8 bridgehead atoms. The summed E-state index contributed by atoms with van der Waals surface area (Å²) >= 11 is 0. The third kappa shape index (κ3) is 1.54. The van der Waals surface area contributed by atoms with Crippen molar-refractivity contribution in [3.63, 3.8) is 0 Å². The van der Waals surface area contributed by atoms with Crippen LogP contribution >= 0.6 is 0 Å². The number of rotatable bonds is 3. The zero-order chi connectivity index (χ0) is 26.3. The number of aromatic nitrogens is 1. The van der Waals surface area contributed by atoms with Gasteiger partial charge in [0, 0.05) is 24.5 Å². The van der Waals surface area contributed by atoms with Gasteiger partial charge < -0.3 is 49.8 Å². The first kappa shape index (κ1) is 23.5. The van der Waals surface area contributed by atoms with Crippen LogP contribution in [0.3, 0.4) is 0 Å². The Balaban J connectivity index is 1.56. The first-order valence-electron chi connectivity index (χ1n) is 12.5. The van der Waals surface area contributed by atoms with Gasteiger partial charge in [-0.15, -0.1) is 0 Å². The topological polar surface area (TPSA) is 182 Å². The molecule has 3 saturated carbocycles. The van der Waals surface area contributed by atoms with Gasteiger partial charge in [-0.25, -0.2) is 4.79 Å². The molecule has 0 radical (unpaired) electrons. The van der Waals surface area contributed by atoms with Crippen LogP contribution in [-0.4, -0.2) is 99.3 Å². The third-order valence-electron chi connectivity index (χ3n) is 11.8. The molecular formula is C25H33NO10. The van der Waals surface area contributed by atoms with E-state index in [1.165, 1.54) is 26.1 Å². The summed E-state index contributed by atoms with van der Waals surface area (Å²) in [5.41, 5.74) is -16.2. The zero-order valence-corrected chi connectivity index (χ0v) is 20.8. The first-order chi connectivity index (χ1) is 16.5. The highest BCUT2D eigenvalue weighted by Gasteiger charge is 3.13. The Bertz CT molecular complexity index is 1220. The lowest BCUT2D eigenvalue weighted by Crippen LogP contribution is -2.75. The molecule has 7 aliphatic rings. The minimum atomic E-state index is -2.55. The molecule has 11 heteroatoms. The van der Waals surface area contributed by atoms with Gasteiger partial charge in [0.25, 0.3) is 0 Å². The number of ether oxygens (including phenoxy) is 3. The van der Waals surface area contributed by atoms with Gasteiger partial charge in [-0.1, -0.05) is 20.8 Å². The third-order valence-corrected chi connectivity index (χ3v) is 11.8. The number of carbonyl (C=O) groups is 1. The average Bonchev–Trinajstić information content (AvgIpc) is 3.52. The Morgan fingerprint density at radius 1 is 1.14 bits per heavy atom. The SMILES string of the molecule is CC(C)C1(O)C(OC(=O)c2ccc[nH]2)C2(O)C3(C)CC4(O)OC5(C(O)C6(C)OC35CC6O)C2(O)C41C. The normalized spacial score (nSPS) is 63.5. The number of fused-ring (bicyclic) bond motifs is 1. The number of aliphatic hydroxyl groups is 6. The maximum atomic E-state index is 13.2. The molecule has 4 aliphatic heterocycles. The lowest BCUT2D eigenvalue weighted by atomic mass is 9.52. The molecule has 8 rings (SSSR count). The van der Waals surface area contributed by atoms with Crippen molar-refractivity contribution in [3.05, 3.63) is 24.0 Å². The molecule has 3 aliphatic carbocycles. The van der Waals surface area contributed by atoms with Crippen molar-refractivity contribution in [2.75, 3.05) is 0 Å². The van der Waals surface area contributed by atoms with Gasteiger partial charge in [0.05, 0.1) is 11.5 Å². The fourth-order valence-electron chi connectivity index (χ4n) is 10.2. The second-order valence-electron chi connectivity index (χ2n) is 12.8. The molecule has 7 fully saturated rings. The van der Waals surface area contributed by atoms with Crippen LogP contribution in [-0.2, 0) is 14.2 Å². The Labute approximate surface area is 207 Å². The first-order valence-corrected chi connectivity index (χ1v) is 12.5. The van der Waals surface area contributed by atoms with Crippen LogP contribution in [0.2, 0.25) is 0 Å². The summed E-state index contributed by atoms with van der Waals surface area (Å²) in [4.78, 5) is 16.0. The van der Waals surface area contributed by atoms with Crippen LogP contribution in [0, 0.1) is 16.7 Å². The van der Waals surface area contributed by atoms with Crippen LogP contribution in [0.15, 0.2) is 18.3 Å². The van der Waals surface area contributed by atoms with Gasteiger partial charge in [-0.3, -0.25) is 0 Å². The maximum Gasteiger partial charge on any atom is 0.355 e. The molecule has 7 N–H and O–H groups in total. The average molecular weight is 508 g/mol. The van der Waals surface area contributed by atoms with Crippen molar-refractivity contribution in [3.8, 4) is 0 Å². The predicted octanol–water partition coefficient (Wildman–Crippen LogP) is -1.06. The molecule has 36 heavy (non-hydrogen) atoms. The smallest absolute Gasteiger partial charge is 0.355 e.